The van der Waals surface area contributed by atoms with Crippen LogP contribution in [-0.4, -0.2) is 31.0 Å². The number of ether oxygens (including phenoxy) is 1. The molecule has 0 saturated carbocycles. The van der Waals surface area contributed by atoms with Crippen molar-refractivity contribution in [1.82, 2.24) is 14.3 Å². The number of sulfonamides is 1. The zero-order valence-electron chi connectivity index (χ0n) is 21.4. The van der Waals surface area contributed by atoms with Gasteiger partial charge < -0.3 is 15.0 Å². The number of benzene rings is 3. The SMILES string of the molecule is COc1ccc(CNc2ccc3c(=O)n(-c4ccc(C(=O)NS(=O)(=O)c5ccc(C)s5)cc4)c(=O)[nH]c3c2)cc1. The molecule has 2 heterocycles. The summed E-state index contributed by atoms with van der Waals surface area (Å²) in [7, 11) is -2.41. The van der Waals surface area contributed by atoms with Gasteiger partial charge in [-0.05, 0) is 79.2 Å². The lowest BCUT2D eigenvalue weighted by molar-refractivity contribution is 0.0981. The minimum Gasteiger partial charge on any atom is -0.497 e. The number of hydrogen-bond acceptors (Lipinski definition) is 8. The number of rotatable bonds is 8. The van der Waals surface area contributed by atoms with Crippen molar-refractivity contribution in [3.05, 3.63) is 116 Å². The first-order valence-corrected chi connectivity index (χ1v) is 14.3. The van der Waals surface area contributed by atoms with Gasteiger partial charge in [0.1, 0.15) is 9.96 Å². The van der Waals surface area contributed by atoms with Gasteiger partial charge >= 0.3 is 5.69 Å². The number of H-pyrrole nitrogens is 1. The summed E-state index contributed by atoms with van der Waals surface area (Å²) in [6, 6.07) is 21.3. The van der Waals surface area contributed by atoms with Crippen LogP contribution in [0.15, 0.2) is 92.7 Å². The number of methoxy groups -OCH3 is 1. The Morgan fingerprint density at radius 2 is 1.70 bits per heavy atom. The molecule has 0 aliphatic carbocycles. The van der Waals surface area contributed by atoms with Crippen molar-refractivity contribution < 1.29 is 17.9 Å². The predicted molar refractivity (Wildman–Crippen MR) is 154 cm³/mol. The Labute approximate surface area is 232 Å². The highest BCUT2D eigenvalue weighted by Gasteiger charge is 2.20. The van der Waals surface area contributed by atoms with Crippen molar-refractivity contribution in [2.24, 2.45) is 0 Å². The third-order valence-electron chi connectivity index (χ3n) is 6.15. The Bertz CT molecular complexity index is 1940. The molecule has 12 heteroatoms. The van der Waals surface area contributed by atoms with Crippen LogP contribution >= 0.6 is 11.3 Å². The molecule has 3 aromatic carbocycles. The van der Waals surface area contributed by atoms with Crippen molar-refractivity contribution in [3.8, 4) is 11.4 Å². The highest BCUT2D eigenvalue weighted by molar-refractivity contribution is 7.92. The quantitative estimate of drug-likeness (QED) is 0.255. The maximum atomic E-state index is 13.2. The number of carbonyl (C=O) groups excluding carboxylic acids is 1. The summed E-state index contributed by atoms with van der Waals surface area (Å²) in [5.41, 5.74) is 1.21. The summed E-state index contributed by atoms with van der Waals surface area (Å²) in [5, 5.41) is 3.57. The van der Waals surface area contributed by atoms with Gasteiger partial charge in [-0.25, -0.2) is 22.5 Å². The molecule has 0 saturated heterocycles. The van der Waals surface area contributed by atoms with E-state index < -0.39 is 27.2 Å². The standard InChI is InChI=1S/C28H24N4O6S2/c1-17-3-14-25(39-17)40(36,37)31-26(33)19-6-9-21(10-7-19)32-27(34)23-13-8-20(15-24(23)30-28(32)35)29-16-18-4-11-22(38-2)12-5-18/h3-15,29H,16H2,1-2H3,(H,30,35)(H,31,33). The van der Waals surface area contributed by atoms with E-state index in [0.717, 1.165) is 37.8 Å². The van der Waals surface area contributed by atoms with E-state index in [0.29, 0.717) is 17.4 Å². The van der Waals surface area contributed by atoms with Gasteiger partial charge in [0, 0.05) is 22.7 Å². The number of aromatic amines is 1. The largest absolute Gasteiger partial charge is 0.497 e. The van der Waals surface area contributed by atoms with Crippen LogP contribution in [-0.2, 0) is 16.6 Å². The van der Waals surface area contributed by atoms with E-state index in [9.17, 15) is 22.8 Å². The van der Waals surface area contributed by atoms with Gasteiger partial charge in [-0.15, -0.1) is 11.3 Å². The van der Waals surface area contributed by atoms with Crippen molar-refractivity contribution >= 4 is 43.9 Å². The fraction of sp³-hybridized carbons (Fsp3) is 0.107. The van der Waals surface area contributed by atoms with Gasteiger partial charge in [0.25, 0.3) is 21.5 Å². The van der Waals surface area contributed by atoms with Gasteiger partial charge in [-0.3, -0.25) is 9.59 Å². The molecule has 0 fully saturated rings. The first kappa shape index (κ1) is 26.9. The molecule has 2 aromatic heterocycles. The Morgan fingerprint density at radius 3 is 2.35 bits per heavy atom. The number of aromatic nitrogens is 2. The van der Waals surface area contributed by atoms with E-state index in [4.69, 9.17) is 4.74 Å². The fourth-order valence-corrected chi connectivity index (χ4v) is 6.32. The summed E-state index contributed by atoms with van der Waals surface area (Å²) in [4.78, 5) is 42.2. The highest BCUT2D eigenvalue weighted by atomic mass is 32.2. The monoisotopic (exact) mass is 576 g/mol. The van der Waals surface area contributed by atoms with E-state index in [-0.39, 0.29) is 15.5 Å². The molecule has 10 nitrogen and oxygen atoms in total. The molecule has 204 valence electrons. The lowest BCUT2D eigenvalue weighted by atomic mass is 10.1. The molecule has 0 radical (unpaired) electrons. The summed E-state index contributed by atoms with van der Waals surface area (Å²) >= 11 is 1.05. The van der Waals surface area contributed by atoms with Crippen LogP contribution in [0.3, 0.4) is 0 Å². The van der Waals surface area contributed by atoms with Crippen molar-refractivity contribution in [3.63, 3.8) is 0 Å². The molecule has 40 heavy (non-hydrogen) atoms. The number of fused-ring (bicyclic) bond motifs is 1. The van der Waals surface area contributed by atoms with E-state index in [1.807, 2.05) is 29.0 Å². The highest BCUT2D eigenvalue weighted by Crippen LogP contribution is 2.21. The number of aryl methyl sites for hydroxylation is 1. The van der Waals surface area contributed by atoms with Crippen LogP contribution < -0.4 is 26.0 Å². The van der Waals surface area contributed by atoms with Gasteiger partial charge in [-0.2, -0.15) is 0 Å². The predicted octanol–water partition coefficient (Wildman–Crippen LogP) is 3.79. The number of hydrogen-bond donors (Lipinski definition) is 3. The summed E-state index contributed by atoms with van der Waals surface area (Å²) in [6.07, 6.45) is 0. The van der Waals surface area contributed by atoms with Crippen LogP contribution in [0, 0.1) is 6.92 Å². The molecule has 5 rings (SSSR count). The Balaban J connectivity index is 1.35. The number of nitrogens with one attached hydrogen (secondary N) is 3. The number of carbonyl (C=O) groups is 1. The minimum atomic E-state index is -4.01. The van der Waals surface area contributed by atoms with Crippen molar-refractivity contribution in [1.29, 1.82) is 0 Å². The summed E-state index contributed by atoms with van der Waals surface area (Å²) in [6.45, 7) is 2.30. The second kappa shape index (κ2) is 10.8. The maximum absolute atomic E-state index is 13.2. The van der Waals surface area contributed by atoms with Crippen molar-refractivity contribution in [2.45, 2.75) is 17.7 Å². The average Bonchev–Trinajstić information content (AvgIpc) is 3.39. The van der Waals surface area contributed by atoms with Crippen LogP contribution in [0.25, 0.3) is 16.6 Å². The Kier molecular flexibility index (Phi) is 7.28. The Morgan fingerprint density at radius 1 is 0.975 bits per heavy atom. The topological polar surface area (TPSA) is 139 Å². The van der Waals surface area contributed by atoms with Crippen LogP contribution in [0.2, 0.25) is 0 Å². The summed E-state index contributed by atoms with van der Waals surface area (Å²) in [5.74, 6) is -0.0644. The fourth-order valence-electron chi connectivity index (χ4n) is 4.06. The first-order chi connectivity index (χ1) is 19.1. The molecular weight excluding hydrogens is 552 g/mol. The molecule has 0 unspecified atom stereocenters. The molecule has 0 atom stereocenters. The third-order valence-corrected chi connectivity index (χ3v) is 8.97. The van der Waals surface area contributed by atoms with E-state index >= 15 is 0 Å². The zero-order chi connectivity index (χ0) is 28.4. The zero-order valence-corrected chi connectivity index (χ0v) is 23.1. The normalized spacial score (nSPS) is 11.3. The van der Waals surface area contributed by atoms with Crippen LogP contribution in [0.1, 0.15) is 20.8 Å². The number of amides is 1. The third kappa shape index (κ3) is 5.53. The maximum Gasteiger partial charge on any atom is 0.333 e. The number of anilines is 1. The second-order valence-electron chi connectivity index (χ2n) is 8.88. The lowest BCUT2D eigenvalue weighted by Crippen LogP contribution is -2.33. The van der Waals surface area contributed by atoms with E-state index in [1.54, 1.807) is 38.3 Å². The van der Waals surface area contributed by atoms with E-state index in [2.05, 4.69) is 10.3 Å². The number of nitrogens with zero attached hydrogens (tertiary/aromatic N) is 1. The molecule has 0 spiro atoms. The van der Waals surface area contributed by atoms with Gasteiger partial charge in [-0.1, -0.05) is 12.1 Å². The molecular formula is C28H24N4O6S2. The molecule has 1 amide bonds. The van der Waals surface area contributed by atoms with Gasteiger partial charge in [0.15, 0.2) is 0 Å². The number of thiophene rings is 1. The first-order valence-electron chi connectivity index (χ1n) is 12.0. The molecule has 3 N–H and O–H groups in total. The molecule has 0 aliphatic rings. The van der Waals surface area contributed by atoms with Crippen molar-refractivity contribution in [2.75, 3.05) is 12.4 Å². The Hall–Kier alpha value is -4.68. The smallest absolute Gasteiger partial charge is 0.333 e. The van der Waals surface area contributed by atoms with E-state index in [1.165, 1.54) is 30.3 Å². The lowest BCUT2D eigenvalue weighted by Gasteiger charge is -2.10. The minimum absolute atomic E-state index is 0.0308. The molecule has 5 aromatic rings. The second-order valence-corrected chi connectivity index (χ2v) is 12.1. The van der Waals surface area contributed by atoms with Gasteiger partial charge in [0.05, 0.1) is 23.7 Å². The molecule has 0 aliphatic heterocycles. The van der Waals surface area contributed by atoms with Gasteiger partial charge in [0.2, 0.25) is 0 Å². The van der Waals surface area contributed by atoms with Crippen LogP contribution in [0.5, 0.6) is 5.75 Å². The molecule has 0 bridgehead atoms. The summed E-state index contributed by atoms with van der Waals surface area (Å²) < 4.78 is 33.1. The average molecular weight is 577 g/mol. The van der Waals surface area contributed by atoms with Crippen LogP contribution in [0.4, 0.5) is 5.69 Å².